The summed E-state index contributed by atoms with van der Waals surface area (Å²) in [6, 6.07) is 13.9. The highest BCUT2D eigenvalue weighted by Crippen LogP contribution is 2.18. The van der Waals surface area contributed by atoms with Gasteiger partial charge in [-0.25, -0.2) is 4.98 Å². The maximum absolute atomic E-state index is 5.72. The Labute approximate surface area is 134 Å². The Kier molecular flexibility index (Phi) is 6.02. The van der Waals surface area contributed by atoms with Crippen molar-refractivity contribution >= 4 is 21.6 Å². The van der Waals surface area contributed by atoms with Crippen LogP contribution >= 0.6 is 15.9 Å². The number of likely N-dealkylation sites (N-methyl/N-ethyl adjacent to an activating group) is 1. The predicted molar refractivity (Wildman–Crippen MR) is 89.8 cm³/mol. The first-order valence-electron chi connectivity index (χ1n) is 6.86. The molecule has 5 heteroatoms. The highest BCUT2D eigenvalue weighted by Gasteiger charge is 1.99. The van der Waals surface area contributed by atoms with Crippen LogP contribution in [0.3, 0.4) is 0 Å². The summed E-state index contributed by atoms with van der Waals surface area (Å²) in [7, 11) is 4.07. The van der Waals surface area contributed by atoms with Crippen LogP contribution in [0.1, 0.15) is 5.69 Å². The van der Waals surface area contributed by atoms with Gasteiger partial charge in [0.05, 0.1) is 12.2 Å². The van der Waals surface area contributed by atoms with Crippen LogP contribution < -0.4 is 10.1 Å². The highest BCUT2D eigenvalue weighted by atomic mass is 79.9. The minimum atomic E-state index is 0.681. The Morgan fingerprint density at radius 3 is 2.76 bits per heavy atom. The number of rotatable bonds is 7. The zero-order valence-electron chi connectivity index (χ0n) is 12.3. The molecule has 0 saturated carbocycles. The van der Waals surface area contributed by atoms with E-state index in [-0.39, 0.29) is 0 Å². The van der Waals surface area contributed by atoms with Crippen LogP contribution in [0.15, 0.2) is 47.1 Å². The Bertz CT molecular complexity index is 575. The molecule has 0 bridgehead atoms. The Morgan fingerprint density at radius 2 is 2.00 bits per heavy atom. The topological polar surface area (TPSA) is 37.4 Å². The van der Waals surface area contributed by atoms with Gasteiger partial charge in [-0.05, 0) is 54.3 Å². The number of aromatic nitrogens is 1. The number of benzene rings is 1. The fourth-order valence-corrected chi connectivity index (χ4v) is 2.16. The Morgan fingerprint density at radius 1 is 1.19 bits per heavy atom. The van der Waals surface area contributed by atoms with Gasteiger partial charge in [0.15, 0.2) is 0 Å². The smallest absolute Gasteiger partial charge is 0.121 e. The van der Waals surface area contributed by atoms with Crippen molar-refractivity contribution in [3.63, 3.8) is 0 Å². The van der Waals surface area contributed by atoms with E-state index in [1.165, 1.54) is 0 Å². The summed E-state index contributed by atoms with van der Waals surface area (Å²) >= 11 is 3.38. The standard InChI is InChI=1S/C16H20BrN3O/c1-20(2)9-10-21-15-7-3-5-13(11-15)18-12-14-6-4-8-16(17)19-14/h3-8,11,18H,9-10,12H2,1-2H3. The van der Waals surface area contributed by atoms with Crippen LogP contribution in [0, 0.1) is 0 Å². The quantitative estimate of drug-likeness (QED) is 0.777. The number of pyridine rings is 1. The molecule has 0 fully saturated rings. The fourth-order valence-electron chi connectivity index (χ4n) is 1.78. The van der Waals surface area contributed by atoms with Crippen molar-refractivity contribution in [1.29, 1.82) is 0 Å². The van der Waals surface area contributed by atoms with Crippen LogP contribution in [-0.4, -0.2) is 37.1 Å². The monoisotopic (exact) mass is 349 g/mol. The molecule has 0 spiro atoms. The van der Waals surface area contributed by atoms with E-state index < -0.39 is 0 Å². The van der Waals surface area contributed by atoms with Crippen LogP contribution in [-0.2, 0) is 6.54 Å². The molecule has 0 unspecified atom stereocenters. The van der Waals surface area contributed by atoms with Crippen molar-refractivity contribution in [2.24, 2.45) is 0 Å². The van der Waals surface area contributed by atoms with Gasteiger partial charge in [0.25, 0.3) is 0 Å². The third-order valence-corrected chi connectivity index (χ3v) is 3.33. The summed E-state index contributed by atoms with van der Waals surface area (Å²) in [5.41, 5.74) is 2.02. The van der Waals surface area contributed by atoms with Gasteiger partial charge in [0.2, 0.25) is 0 Å². The summed E-state index contributed by atoms with van der Waals surface area (Å²) in [4.78, 5) is 6.50. The van der Waals surface area contributed by atoms with Crippen molar-refractivity contribution < 1.29 is 4.74 Å². The lowest BCUT2D eigenvalue weighted by atomic mass is 10.3. The van der Waals surface area contributed by atoms with Gasteiger partial charge in [-0.2, -0.15) is 0 Å². The first-order chi connectivity index (χ1) is 10.1. The number of nitrogens with one attached hydrogen (secondary N) is 1. The van der Waals surface area contributed by atoms with E-state index in [4.69, 9.17) is 4.74 Å². The van der Waals surface area contributed by atoms with Gasteiger partial charge in [-0.15, -0.1) is 0 Å². The van der Waals surface area contributed by atoms with Gasteiger partial charge < -0.3 is 15.0 Å². The summed E-state index contributed by atoms with van der Waals surface area (Å²) in [6.07, 6.45) is 0. The van der Waals surface area contributed by atoms with E-state index in [0.717, 1.165) is 28.3 Å². The normalized spacial score (nSPS) is 10.7. The molecule has 2 rings (SSSR count). The van der Waals surface area contributed by atoms with Gasteiger partial charge in [0, 0.05) is 18.3 Å². The largest absolute Gasteiger partial charge is 0.492 e. The van der Waals surface area contributed by atoms with E-state index in [0.29, 0.717) is 13.2 Å². The molecule has 0 atom stereocenters. The molecule has 1 aromatic carbocycles. The summed E-state index contributed by atoms with van der Waals surface area (Å²) < 4.78 is 6.57. The minimum absolute atomic E-state index is 0.681. The summed E-state index contributed by atoms with van der Waals surface area (Å²) in [5, 5.41) is 3.35. The fraction of sp³-hybridized carbons (Fsp3) is 0.312. The average Bonchev–Trinajstić information content (AvgIpc) is 2.45. The third kappa shape index (κ3) is 5.73. The average molecular weight is 350 g/mol. The lowest BCUT2D eigenvalue weighted by Gasteiger charge is -2.12. The van der Waals surface area contributed by atoms with Crippen LogP contribution in [0.4, 0.5) is 5.69 Å². The first-order valence-corrected chi connectivity index (χ1v) is 7.66. The molecule has 0 aliphatic heterocycles. The number of halogens is 1. The van der Waals surface area contributed by atoms with Crippen LogP contribution in [0.2, 0.25) is 0 Å². The lowest BCUT2D eigenvalue weighted by Crippen LogP contribution is -2.19. The molecule has 0 amide bonds. The number of anilines is 1. The summed E-state index contributed by atoms with van der Waals surface area (Å²) in [6.45, 7) is 2.27. The second kappa shape index (κ2) is 8.00. The number of hydrogen-bond donors (Lipinski definition) is 1. The zero-order valence-corrected chi connectivity index (χ0v) is 13.9. The first kappa shape index (κ1) is 15.8. The molecule has 0 aliphatic carbocycles. The van der Waals surface area contributed by atoms with E-state index in [1.807, 2.05) is 56.6 Å². The van der Waals surface area contributed by atoms with E-state index >= 15 is 0 Å². The number of hydrogen-bond acceptors (Lipinski definition) is 4. The molecular formula is C16H20BrN3O. The molecule has 1 aromatic heterocycles. The molecule has 1 N–H and O–H groups in total. The maximum atomic E-state index is 5.72. The Hall–Kier alpha value is -1.59. The number of ether oxygens (including phenoxy) is 1. The maximum Gasteiger partial charge on any atom is 0.121 e. The predicted octanol–water partition coefficient (Wildman–Crippen LogP) is 3.40. The second-order valence-corrected chi connectivity index (χ2v) is 5.80. The van der Waals surface area contributed by atoms with Crippen molar-refractivity contribution in [3.8, 4) is 5.75 Å². The number of nitrogens with zero attached hydrogens (tertiary/aromatic N) is 2. The molecule has 1 heterocycles. The SMILES string of the molecule is CN(C)CCOc1cccc(NCc2cccc(Br)n2)c1. The Balaban J connectivity index is 1.88. The van der Waals surface area contributed by atoms with E-state index in [1.54, 1.807) is 0 Å². The second-order valence-electron chi connectivity index (χ2n) is 4.98. The summed E-state index contributed by atoms with van der Waals surface area (Å²) in [5.74, 6) is 0.879. The van der Waals surface area contributed by atoms with Crippen molar-refractivity contribution in [2.75, 3.05) is 32.6 Å². The minimum Gasteiger partial charge on any atom is -0.492 e. The molecule has 0 aliphatic rings. The van der Waals surface area contributed by atoms with Crippen LogP contribution in [0.5, 0.6) is 5.75 Å². The van der Waals surface area contributed by atoms with Gasteiger partial charge in [-0.1, -0.05) is 12.1 Å². The van der Waals surface area contributed by atoms with E-state index in [9.17, 15) is 0 Å². The van der Waals surface area contributed by atoms with Crippen molar-refractivity contribution in [1.82, 2.24) is 9.88 Å². The molecular weight excluding hydrogens is 330 g/mol. The highest BCUT2D eigenvalue weighted by molar-refractivity contribution is 9.10. The lowest BCUT2D eigenvalue weighted by molar-refractivity contribution is 0.261. The molecule has 112 valence electrons. The van der Waals surface area contributed by atoms with Gasteiger partial charge >= 0.3 is 0 Å². The molecule has 0 radical (unpaired) electrons. The zero-order chi connectivity index (χ0) is 15.1. The van der Waals surface area contributed by atoms with Gasteiger partial charge in [0.1, 0.15) is 17.0 Å². The molecule has 21 heavy (non-hydrogen) atoms. The van der Waals surface area contributed by atoms with Crippen LogP contribution in [0.25, 0.3) is 0 Å². The van der Waals surface area contributed by atoms with E-state index in [2.05, 4.69) is 31.1 Å². The third-order valence-electron chi connectivity index (χ3n) is 2.89. The molecule has 4 nitrogen and oxygen atoms in total. The van der Waals surface area contributed by atoms with Crippen molar-refractivity contribution in [3.05, 3.63) is 52.8 Å². The van der Waals surface area contributed by atoms with Crippen molar-refractivity contribution in [2.45, 2.75) is 6.54 Å². The van der Waals surface area contributed by atoms with Gasteiger partial charge in [-0.3, -0.25) is 0 Å². The molecule has 2 aromatic rings. The molecule has 0 saturated heterocycles.